The first-order chi connectivity index (χ1) is 8.63. The van der Waals surface area contributed by atoms with Gasteiger partial charge in [-0.3, -0.25) is 4.84 Å². The van der Waals surface area contributed by atoms with Gasteiger partial charge in [0.15, 0.2) is 0 Å². The van der Waals surface area contributed by atoms with E-state index in [4.69, 9.17) is 13.9 Å². The van der Waals surface area contributed by atoms with E-state index >= 15 is 0 Å². The molecule has 18 heavy (non-hydrogen) atoms. The average Bonchev–Trinajstić information content (AvgIpc) is 2.98. The lowest BCUT2D eigenvalue weighted by Crippen LogP contribution is -2.17. The van der Waals surface area contributed by atoms with Crippen molar-refractivity contribution in [2.75, 3.05) is 5.06 Å². The standard InChI is InChI=1S/C12H13N3O3/c1-7-4-9(3)18-15(7)12-6-11(14-17-12)10-5-8(2)16-13-10/h4-6,9H,1-3H3. The van der Waals surface area contributed by atoms with Crippen LogP contribution in [-0.2, 0) is 4.84 Å². The number of hydrogen-bond donors (Lipinski definition) is 0. The second-order valence-electron chi connectivity index (χ2n) is 4.29. The minimum Gasteiger partial charge on any atom is -0.361 e. The Morgan fingerprint density at radius 3 is 2.44 bits per heavy atom. The summed E-state index contributed by atoms with van der Waals surface area (Å²) in [7, 11) is 0. The molecule has 0 bridgehead atoms. The average molecular weight is 247 g/mol. The summed E-state index contributed by atoms with van der Waals surface area (Å²) >= 11 is 0. The summed E-state index contributed by atoms with van der Waals surface area (Å²) in [4.78, 5) is 5.58. The Hall–Kier alpha value is -2.08. The molecule has 6 nitrogen and oxygen atoms in total. The number of allylic oxidation sites excluding steroid dienone is 1. The number of anilines is 1. The highest BCUT2D eigenvalue weighted by Gasteiger charge is 2.24. The summed E-state index contributed by atoms with van der Waals surface area (Å²) in [6.07, 6.45) is 2.04. The van der Waals surface area contributed by atoms with Crippen LogP contribution in [0.4, 0.5) is 5.88 Å². The monoisotopic (exact) mass is 247 g/mol. The van der Waals surface area contributed by atoms with E-state index in [9.17, 15) is 0 Å². The molecule has 0 N–H and O–H groups in total. The highest BCUT2D eigenvalue weighted by Crippen LogP contribution is 2.29. The van der Waals surface area contributed by atoms with Crippen molar-refractivity contribution in [3.63, 3.8) is 0 Å². The van der Waals surface area contributed by atoms with E-state index in [-0.39, 0.29) is 6.10 Å². The van der Waals surface area contributed by atoms with Crippen LogP contribution in [0.25, 0.3) is 11.4 Å². The van der Waals surface area contributed by atoms with Gasteiger partial charge in [0, 0.05) is 17.8 Å². The van der Waals surface area contributed by atoms with Crippen molar-refractivity contribution < 1.29 is 13.9 Å². The number of rotatable bonds is 2. The topological polar surface area (TPSA) is 64.5 Å². The Labute approximate surface area is 104 Å². The Morgan fingerprint density at radius 2 is 1.83 bits per heavy atom. The maximum Gasteiger partial charge on any atom is 0.255 e. The Bertz CT molecular complexity index is 599. The summed E-state index contributed by atoms with van der Waals surface area (Å²) in [5.74, 6) is 1.26. The van der Waals surface area contributed by atoms with Crippen LogP contribution in [0.1, 0.15) is 19.6 Å². The number of aryl methyl sites for hydroxylation is 1. The fourth-order valence-electron chi connectivity index (χ4n) is 1.88. The van der Waals surface area contributed by atoms with Crippen LogP contribution >= 0.6 is 0 Å². The van der Waals surface area contributed by atoms with Crippen molar-refractivity contribution in [3.05, 3.63) is 29.7 Å². The first kappa shape index (κ1) is 11.0. The van der Waals surface area contributed by atoms with E-state index in [2.05, 4.69) is 10.3 Å². The molecule has 1 aliphatic heterocycles. The summed E-state index contributed by atoms with van der Waals surface area (Å²) < 4.78 is 10.3. The third-order valence-electron chi connectivity index (χ3n) is 2.66. The molecule has 0 aliphatic carbocycles. The van der Waals surface area contributed by atoms with Gasteiger partial charge >= 0.3 is 0 Å². The van der Waals surface area contributed by atoms with Crippen molar-refractivity contribution in [1.82, 2.24) is 10.3 Å². The van der Waals surface area contributed by atoms with Gasteiger partial charge in [-0.25, -0.2) is 0 Å². The zero-order chi connectivity index (χ0) is 12.7. The quantitative estimate of drug-likeness (QED) is 0.812. The number of nitrogens with zero attached hydrogens (tertiary/aromatic N) is 3. The number of hydrogen-bond acceptors (Lipinski definition) is 6. The molecule has 0 saturated heterocycles. The lowest BCUT2D eigenvalue weighted by atomic mass is 10.3. The minimum atomic E-state index is 0.0350. The first-order valence-corrected chi connectivity index (χ1v) is 5.69. The summed E-state index contributed by atoms with van der Waals surface area (Å²) in [5, 5.41) is 9.47. The smallest absolute Gasteiger partial charge is 0.255 e. The van der Waals surface area contributed by atoms with E-state index in [1.807, 2.05) is 26.8 Å². The second kappa shape index (κ2) is 3.99. The van der Waals surface area contributed by atoms with Crippen molar-refractivity contribution in [2.24, 2.45) is 0 Å². The van der Waals surface area contributed by atoms with E-state index in [1.165, 1.54) is 0 Å². The van der Waals surface area contributed by atoms with E-state index in [0.717, 1.165) is 11.5 Å². The lowest BCUT2D eigenvalue weighted by molar-refractivity contribution is 0.0996. The molecule has 94 valence electrons. The predicted molar refractivity (Wildman–Crippen MR) is 63.5 cm³/mol. The van der Waals surface area contributed by atoms with Crippen molar-refractivity contribution >= 4 is 5.88 Å². The highest BCUT2D eigenvalue weighted by atomic mass is 16.7. The molecule has 0 saturated carbocycles. The number of hydroxylamine groups is 1. The molecule has 2 aromatic rings. The molecule has 6 heteroatoms. The zero-order valence-electron chi connectivity index (χ0n) is 10.4. The minimum absolute atomic E-state index is 0.0350. The largest absolute Gasteiger partial charge is 0.361 e. The highest BCUT2D eigenvalue weighted by molar-refractivity contribution is 5.58. The molecule has 0 radical (unpaired) electrons. The fourth-order valence-corrected chi connectivity index (χ4v) is 1.88. The zero-order valence-corrected chi connectivity index (χ0v) is 10.4. The van der Waals surface area contributed by atoms with Gasteiger partial charge in [-0.15, -0.1) is 0 Å². The molecule has 3 heterocycles. The van der Waals surface area contributed by atoms with Gasteiger partial charge in [-0.2, -0.15) is 5.06 Å². The van der Waals surface area contributed by atoms with Gasteiger partial charge < -0.3 is 9.05 Å². The molecule has 0 amide bonds. The second-order valence-corrected chi connectivity index (χ2v) is 4.29. The van der Waals surface area contributed by atoms with Crippen LogP contribution in [0.15, 0.2) is 33.0 Å². The van der Waals surface area contributed by atoms with Crippen molar-refractivity contribution in [1.29, 1.82) is 0 Å². The van der Waals surface area contributed by atoms with Gasteiger partial charge in [0.2, 0.25) is 0 Å². The summed E-state index contributed by atoms with van der Waals surface area (Å²) in [6.45, 7) is 5.74. The molecule has 3 rings (SSSR count). The fraction of sp³-hybridized carbons (Fsp3) is 0.333. The van der Waals surface area contributed by atoms with Crippen molar-refractivity contribution in [2.45, 2.75) is 26.9 Å². The molecule has 1 aliphatic rings. The van der Waals surface area contributed by atoms with Gasteiger partial charge in [0.05, 0.1) is 0 Å². The summed E-state index contributed by atoms with van der Waals surface area (Å²) in [5.41, 5.74) is 2.25. The first-order valence-electron chi connectivity index (χ1n) is 5.69. The molecular formula is C12H13N3O3. The predicted octanol–water partition coefficient (Wildman–Crippen LogP) is 2.68. The van der Waals surface area contributed by atoms with E-state index in [0.29, 0.717) is 17.3 Å². The molecule has 0 aromatic carbocycles. The van der Waals surface area contributed by atoms with Crippen LogP contribution < -0.4 is 5.06 Å². The van der Waals surface area contributed by atoms with Gasteiger partial charge in [0.1, 0.15) is 23.3 Å². The van der Waals surface area contributed by atoms with E-state index < -0.39 is 0 Å². The third kappa shape index (κ3) is 1.80. The van der Waals surface area contributed by atoms with Crippen LogP contribution in [0, 0.1) is 6.92 Å². The van der Waals surface area contributed by atoms with Crippen LogP contribution in [0.3, 0.4) is 0 Å². The van der Waals surface area contributed by atoms with Crippen LogP contribution in [0.2, 0.25) is 0 Å². The Morgan fingerprint density at radius 1 is 1.11 bits per heavy atom. The molecule has 0 spiro atoms. The normalized spacial score (nSPS) is 19.4. The maximum absolute atomic E-state index is 5.58. The maximum atomic E-state index is 5.58. The van der Waals surface area contributed by atoms with Crippen LogP contribution in [0.5, 0.6) is 0 Å². The van der Waals surface area contributed by atoms with Gasteiger partial charge in [0.25, 0.3) is 5.88 Å². The van der Waals surface area contributed by atoms with Crippen LogP contribution in [-0.4, -0.2) is 16.4 Å². The molecule has 1 atom stereocenters. The van der Waals surface area contributed by atoms with E-state index in [1.54, 1.807) is 17.2 Å². The SMILES string of the molecule is CC1=CC(C)ON1c1cc(-c2cc(C)on2)no1. The lowest BCUT2D eigenvalue weighted by Gasteiger charge is -2.14. The van der Waals surface area contributed by atoms with Crippen molar-refractivity contribution in [3.8, 4) is 11.4 Å². The van der Waals surface area contributed by atoms with Gasteiger partial charge in [-0.05, 0) is 26.8 Å². The summed E-state index contributed by atoms with van der Waals surface area (Å²) in [6, 6.07) is 3.57. The molecule has 2 aromatic heterocycles. The molecule has 0 fully saturated rings. The van der Waals surface area contributed by atoms with Gasteiger partial charge in [-0.1, -0.05) is 10.3 Å². The molecular weight excluding hydrogens is 234 g/mol. The molecule has 1 unspecified atom stereocenters. The Balaban J connectivity index is 1.88. The number of aromatic nitrogens is 2. The Kier molecular flexibility index (Phi) is 2.45. The third-order valence-corrected chi connectivity index (χ3v) is 2.66.